The van der Waals surface area contributed by atoms with Crippen LogP contribution in [0.2, 0.25) is 0 Å². The Kier molecular flexibility index (Phi) is 6.75. The lowest BCUT2D eigenvalue weighted by Crippen LogP contribution is -2.32. The molecule has 2 aromatic rings. The van der Waals surface area contributed by atoms with E-state index in [-0.39, 0.29) is 18.1 Å². The molecule has 0 spiro atoms. The van der Waals surface area contributed by atoms with Crippen molar-refractivity contribution < 1.29 is 23.7 Å². The Morgan fingerprint density at radius 1 is 0.967 bits per heavy atom. The largest absolute Gasteiger partial charge is 0.493 e. The Morgan fingerprint density at radius 3 is 2.23 bits per heavy atom. The van der Waals surface area contributed by atoms with E-state index in [1.165, 1.54) is 5.56 Å². The van der Waals surface area contributed by atoms with Crippen LogP contribution in [0.1, 0.15) is 48.9 Å². The molecule has 0 N–H and O–H groups in total. The standard InChI is InChI=1S/C24H31NO5/c1-15(2)30-23-12-17-7-9-18(16-8-10-20(27-4)21(11-16)28-5)24(25(3)14-26)19(17)13-22(23)29-6/h8,10-15,18,24H,7,9H2,1-6H3/t18-,24+/m0/s1. The second kappa shape index (κ2) is 9.28. The zero-order valence-corrected chi connectivity index (χ0v) is 18.6. The SMILES string of the molecule is COc1ccc([C@@H]2CCc3cc(OC(C)C)c(OC)cc3[C@@H]2N(C)C=O)cc1OC. The first-order chi connectivity index (χ1) is 14.4. The maximum Gasteiger partial charge on any atom is 0.209 e. The van der Waals surface area contributed by atoms with Gasteiger partial charge in [0.05, 0.1) is 33.5 Å². The number of carbonyl (C=O) groups is 1. The fourth-order valence-electron chi connectivity index (χ4n) is 4.30. The molecule has 0 heterocycles. The lowest BCUT2D eigenvalue weighted by atomic mass is 9.75. The topological polar surface area (TPSA) is 57.2 Å². The van der Waals surface area contributed by atoms with Crippen LogP contribution in [0.3, 0.4) is 0 Å². The summed E-state index contributed by atoms with van der Waals surface area (Å²) >= 11 is 0. The molecule has 1 aliphatic rings. The zero-order chi connectivity index (χ0) is 21.8. The van der Waals surface area contributed by atoms with Gasteiger partial charge in [0, 0.05) is 13.0 Å². The summed E-state index contributed by atoms with van der Waals surface area (Å²) in [6.07, 6.45) is 2.72. The highest BCUT2D eigenvalue weighted by molar-refractivity contribution is 5.55. The normalized spacial score (nSPS) is 17.8. The number of likely N-dealkylation sites (N-methyl/N-ethyl adjacent to an activating group) is 1. The molecule has 162 valence electrons. The van der Waals surface area contributed by atoms with Gasteiger partial charge in [-0.2, -0.15) is 0 Å². The molecule has 0 bridgehead atoms. The highest BCUT2D eigenvalue weighted by Crippen LogP contribution is 2.48. The Balaban J connectivity index is 2.08. The Bertz CT molecular complexity index is 895. The van der Waals surface area contributed by atoms with Gasteiger partial charge in [-0.1, -0.05) is 6.07 Å². The van der Waals surface area contributed by atoms with Crippen molar-refractivity contribution in [2.45, 2.75) is 44.8 Å². The second-order valence-corrected chi connectivity index (χ2v) is 7.84. The molecular formula is C24H31NO5. The first kappa shape index (κ1) is 21.8. The highest BCUT2D eigenvalue weighted by atomic mass is 16.5. The average molecular weight is 414 g/mol. The van der Waals surface area contributed by atoms with Crippen LogP contribution in [-0.4, -0.2) is 45.8 Å². The summed E-state index contributed by atoms with van der Waals surface area (Å²) in [5, 5.41) is 0. The van der Waals surface area contributed by atoms with Gasteiger partial charge < -0.3 is 23.8 Å². The van der Waals surface area contributed by atoms with E-state index in [9.17, 15) is 4.79 Å². The third-order valence-electron chi connectivity index (χ3n) is 5.65. The van der Waals surface area contributed by atoms with Crippen LogP contribution < -0.4 is 18.9 Å². The number of ether oxygens (including phenoxy) is 4. The summed E-state index contributed by atoms with van der Waals surface area (Å²) in [7, 11) is 6.72. The Hall–Kier alpha value is -2.89. The van der Waals surface area contributed by atoms with Crippen molar-refractivity contribution in [2.75, 3.05) is 28.4 Å². The fraction of sp³-hybridized carbons (Fsp3) is 0.458. The monoisotopic (exact) mass is 413 g/mol. The lowest BCUT2D eigenvalue weighted by molar-refractivity contribution is -0.119. The van der Waals surface area contributed by atoms with Gasteiger partial charge in [0.25, 0.3) is 0 Å². The van der Waals surface area contributed by atoms with Gasteiger partial charge in [0.15, 0.2) is 23.0 Å². The van der Waals surface area contributed by atoms with E-state index in [4.69, 9.17) is 18.9 Å². The van der Waals surface area contributed by atoms with E-state index in [0.717, 1.165) is 36.1 Å². The van der Waals surface area contributed by atoms with E-state index in [2.05, 4.69) is 12.1 Å². The van der Waals surface area contributed by atoms with Gasteiger partial charge in [-0.25, -0.2) is 0 Å². The van der Waals surface area contributed by atoms with Crippen molar-refractivity contribution in [3.63, 3.8) is 0 Å². The predicted octanol–water partition coefficient (Wildman–Crippen LogP) is 4.36. The van der Waals surface area contributed by atoms with Crippen LogP contribution in [0.25, 0.3) is 0 Å². The number of benzene rings is 2. The smallest absolute Gasteiger partial charge is 0.209 e. The van der Waals surface area contributed by atoms with Crippen LogP contribution >= 0.6 is 0 Å². The van der Waals surface area contributed by atoms with Crippen molar-refractivity contribution in [1.82, 2.24) is 4.90 Å². The second-order valence-electron chi connectivity index (χ2n) is 7.84. The molecule has 0 unspecified atom stereocenters. The van der Waals surface area contributed by atoms with Gasteiger partial charge in [0.1, 0.15) is 0 Å². The summed E-state index contributed by atoms with van der Waals surface area (Å²) in [6, 6.07) is 9.94. The van der Waals surface area contributed by atoms with Crippen LogP contribution in [0.5, 0.6) is 23.0 Å². The maximum atomic E-state index is 11.8. The molecule has 1 aliphatic carbocycles. The van der Waals surface area contributed by atoms with Gasteiger partial charge >= 0.3 is 0 Å². The predicted molar refractivity (Wildman–Crippen MR) is 116 cm³/mol. The molecule has 6 heteroatoms. The number of carbonyl (C=O) groups excluding carboxylic acids is 1. The lowest BCUT2D eigenvalue weighted by Gasteiger charge is -2.38. The summed E-state index contributed by atoms with van der Waals surface area (Å²) < 4.78 is 22.5. The molecule has 2 aromatic carbocycles. The molecule has 0 radical (unpaired) electrons. The molecule has 0 fully saturated rings. The van der Waals surface area contributed by atoms with Gasteiger partial charge in [0.2, 0.25) is 6.41 Å². The van der Waals surface area contributed by atoms with Crippen LogP contribution in [0.15, 0.2) is 30.3 Å². The van der Waals surface area contributed by atoms with Gasteiger partial charge in [-0.05, 0) is 67.6 Å². The molecule has 2 atom stereocenters. The molecule has 3 rings (SSSR count). The number of nitrogens with zero attached hydrogens (tertiary/aromatic N) is 1. The number of fused-ring (bicyclic) bond motifs is 1. The molecule has 0 saturated heterocycles. The number of methoxy groups -OCH3 is 3. The van der Waals surface area contributed by atoms with Crippen LogP contribution in [0.4, 0.5) is 0 Å². The van der Waals surface area contributed by atoms with Gasteiger partial charge in [-0.3, -0.25) is 4.79 Å². The molecule has 0 aromatic heterocycles. The van der Waals surface area contributed by atoms with Crippen molar-refractivity contribution in [1.29, 1.82) is 0 Å². The number of hydrogen-bond acceptors (Lipinski definition) is 5. The van der Waals surface area contributed by atoms with Crippen LogP contribution in [0, 0.1) is 0 Å². The molecule has 0 saturated carbocycles. The van der Waals surface area contributed by atoms with E-state index < -0.39 is 0 Å². The fourth-order valence-corrected chi connectivity index (χ4v) is 4.30. The number of rotatable bonds is 8. The summed E-state index contributed by atoms with van der Waals surface area (Å²) in [5.74, 6) is 2.92. The minimum absolute atomic E-state index is 0.0495. The quantitative estimate of drug-likeness (QED) is 0.602. The molecular weight excluding hydrogens is 382 g/mol. The third kappa shape index (κ3) is 4.18. The number of hydrogen-bond donors (Lipinski definition) is 0. The average Bonchev–Trinajstić information content (AvgIpc) is 2.76. The Labute approximate surface area is 178 Å². The van der Waals surface area contributed by atoms with Crippen LogP contribution in [-0.2, 0) is 11.2 Å². The van der Waals surface area contributed by atoms with Crippen molar-refractivity contribution in [3.8, 4) is 23.0 Å². The van der Waals surface area contributed by atoms with E-state index in [1.807, 2.05) is 39.1 Å². The number of amides is 1. The minimum Gasteiger partial charge on any atom is -0.493 e. The van der Waals surface area contributed by atoms with E-state index in [1.54, 1.807) is 26.2 Å². The summed E-state index contributed by atoms with van der Waals surface area (Å²) in [6.45, 7) is 3.99. The minimum atomic E-state index is -0.119. The highest BCUT2D eigenvalue weighted by Gasteiger charge is 2.35. The number of aryl methyl sites for hydroxylation is 1. The molecule has 1 amide bonds. The summed E-state index contributed by atoms with van der Waals surface area (Å²) in [5.41, 5.74) is 3.38. The zero-order valence-electron chi connectivity index (χ0n) is 18.6. The van der Waals surface area contributed by atoms with Crippen molar-refractivity contribution >= 4 is 6.41 Å². The van der Waals surface area contributed by atoms with Crippen molar-refractivity contribution in [2.24, 2.45) is 0 Å². The van der Waals surface area contributed by atoms with E-state index in [0.29, 0.717) is 17.2 Å². The molecule has 0 aliphatic heterocycles. The Morgan fingerprint density at radius 2 is 1.63 bits per heavy atom. The van der Waals surface area contributed by atoms with Gasteiger partial charge in [-0.15, -0.1) is 0 Å². The maximum absolute atomic E-state index is 11.8. The third-order valence-corrected chi connectivity index (χ3v) is 5.65. The molecule has 30 heavy (non-hydrogen) atoms. The first-order valence-electron chi connectivity index (χ1n) is 10.2. The molecule has 6 nitrogen and oxygen atoms in total. The summed E-state index contributed by atoms with van der Waals surface area (Å²) in [4.78, 5) is 13.5. The van der Waals surface area contributed by atoms with E-state index >= 15 is 0 Å². The van der Waals surface area contributed by atoms with Crippen molar-refractivity contribution in [3.05, 3.63) is 47.0 Å². The first-order valence-corrected chi connectivity index (χ1v) is 10.2.